The minimum absolute atomic E-state index is 0.136. The quantitative estimate of drug-likeness (QED) is 0.929. The average molecular weight is 326 g/mol. The van der Waals surface area contributed by atoms with Gasteiger partial charge in [-0.05, 0) is 41.1 Å². The molecule has 1 N–H and O–H groups in total. The Balaban J connectivity index is 2.39. The lowest BCUT2D eigenvalue weighted by molar-refractivity contribution is -0.136. The Morgan fingerprint density at radius 2 is 2.26 bits per heavy atom. The van der Waals surface area contributed by atoms with E-state index in [0.29, 0.717) is 17.1 Å². The summed E-state index contributed by atoms with van der Waals surface area (Å²) in [5.74, 6) is -0.210. The van der Waals surface area contributed by atoms with Gasteiger partial charge in [-0.2, -0.15) is 0 Å². The molecule has 1 aromatic heterocycles. The molecule has 0 saturated carbocycles. The Hall–Kier alpha value is -1.89. The minimum atomic E-state index is -0.925. The van der Waals surface area contributed by atoms with Crippen molar-refractivity contribution in [1.82, 2.24) is 15.0 Å². The fourth-order valence-corrected chi connectivity index (χ4v) is 2.23. The number of carbonyl (C=O) groups is 1. The van der Waals surface area contributed by atoms with Gasteiger partial charge < -0.3 is 9.84 Å². The molecule has 0 unspecified atom stereocenters. The van der Waals surface area contributed by atoms with E-state index in [1.807, 2.05) is 12.1 Å². The first-order chi connectivity index (χ1) is 9.02. The molecule has 19 heavy (non-hydrogen) atoms. The van der Waals surface area contributed by atoms with E-state index in [1.54, 1.807) is 24.8 Å². The van der Waals surface area contributed by atoms with Gasteiger partial charge >= 0.3 is 5.97 Å². The maximum absolute atomic E-state index is 10.7. The Kier molecular flexibility index (Phi) is 3.84. The molecule has 0 spiro atoms. The third kappa shape index (κ3) is 2.76. The van der Waals surface area contributed by atoms with Crippen molar-refractivity contribution >= 4 is 21.9 Å². The van der Waals surface area contributed by atoms with Crippen LogP contribution in [0.3, 0.4) is 0 Å². The summed E-state index contributed by atoms with van der Waals surface area (Å²) in [7, 11) is 1.59. The van der Waals surface area contributed by atoms with Gasteiger partial charge in [-0.3, -0.25) is 4.79 Å². The first-order valence-corrected chi connectivity index (χ1v) is 6.29. The standard InChI is InChI=1S/C12H12BrN3O3/c1-7-10(6-12(17)18)14-15-16(7)8-3-4-11(19-2)9(13)5-8/h3-5H,6H2,1-2H3,(H,17,18). The van der Waals surface area contributed by atoms with Crippen LogP contribution in [0.5, 0.6) is 5.75 Å². The maximum Gasteiger partial charge on any atom is 0.309 e. The molecular formula is C12H12BrN3O3. The second-order valence-corrected chi connectivity index (χ2v) is 4.78. The first-order valence-electron chi connectivity index (χ1n) is 5.50. The lowest BCUT2D eigenvalue weighted by Crippen LogP contribution is -2.03. The number of benzene rings is 1. The van der Waals surface area contributed by atoms with E-state index in [9.17, 15) is 4.79 Å². The van der Waals surface area contributed by atoms with Crippen LogP contribution in [0.1, 0.15) is 11.4 Å². The monoisotopic (exact) mass is 325 g/mol. The number of carboxylic acids is 1. The SMILES string of the molecule is COc1ccc(-n2nnc(CC(=O)O)c2C)cc1Br. The zero-order valence-corrected chi connectivity index (χ0v) is 12.0. The van der Waals surface area contributed by atoms with Gasteiger partial charge in [0, 0.05) is 0 Å². The van der Waals surface area contributed by atoms with Gasteiger partial charge in [-0.25, -0.2) is 4.68 Å². The number of halogens is 1. The van der Waals surface area contributed by atoms with Gasteiger partial charge in [0.1, 0.15) is 5.75 Å². The minimum Gasteiger partial charge on any atom is -0.496 e. The molecule has 1 aromatic carbocycles. The number of hydrogen-bond acceptors (Lipinski definition) is 4. The fraction of sp³-hybridized carbons (Fsp3) is 0.250. The molecule has 7 heteroatoms. The van der Waals surface area contributed by atoms with Crippen LogP contribution in [0.25, 0.3) is 5.69 Å². The molecule has 6 nitrogen and oxygen atoms in total. The smallest absolute Gasteiger partial charge is 0.309 e. The van der Waals surface area contributed by atoms with E-state index in [2.05, 4.69) is 26.2 Å². The van der Waals surface area contributed by atoms with Crippen molar-refractivity contribution < 1.29 is 14.6 Å². The van der Waals surface area contributed by atoms with Crippen molar-refractivity contribution in [2.75, 3.05) is 7.11 Å². The Morgan fingerprint density at radius 1 is 1.53 bits per heavy atom. The van der Waals surface area contributed by atoms with Gasteiger partial charge in [0.2, 0.25) is 0 Å². The Labute approximate surface area is 118 Å². The number of aliphatic carboxylic acids is 1. The summed E-state index contributed by atoms with van der Waals surface area (Å²) in [5.41, 5.74) is 1.95. The zero-order valence-electron chi connectivity index (χ0n) is 10.4. The molecule has 0 radical (unpaired) electrons. The summed E-state index contributed by atoms with van der Waals surface area (Å²) in [6.45, 7) is 1.79. The molecule has 100 valence electrons. The van der Waals surface area contributed by atoms with E-state index < -0.39 is 5.97 Å². The highest BCUT2D eigenvalue weighted by Gasteiger charge is 2.13. The number of aromatic nitrogens is 3. The van der Waals surface area contributed by atoms with Crippen molar-refractivity contribution in [2.24, 2.45) is 0 Å². The Morgan fingerprint density at radius 3 is 2.84 bits per heavy atom. The molecule has 0 amide bonds. The largest absolute Gasteiger partial charge is 0.496 e. The van der Waals surface area contributed by atoms with Gasteiger partial charge in [0.25, 0.3) is 0 Å². The summed E-state index contributed by atoms with van der Waals surface area (Å²) >= 11 is 3.40. The number of nitrogens with zero attached hydrogens (tertiary/aromatic N) is 3. The molecule has 0 saturated heterocycles. The molecule has 2 rings (SSSR count). The highest BCUT2D eigenvalue weighted by Crippen LogP contribution is 2.27. The van der Waals surface area contributed by atoms with Crippen LogP contribution < -0.4 is 4.74 Å². The van der Waals surface area contributed by atoms with Crippen molar-refractivity contribution in [2.45, 2.75) is 13.3 Å². The van der Waals surface area contributed by atoms with Crippen molar-refractivity contribution in [3.63, 3.8) is 0 Å². The second kappa shape index (κ2) is 5.40. The van der Waals surface area contributed by atoms with Crippen LogP contribution in [0.2, 0.25) is 0 Å². The van der Waals surface area contributed by atoms with Crippen LogP contribution in [-0.4, -0.2) is 33.2 Å². The Bertz CT molecular complexity index is 625. The van der Waals surface area contributed by atoms with E-state index >= 15 is 0 Å². The van der Waals surface area contributed by atoms with Crippen molar-refractivity contribution in [3.8, 4) is 11.4 Å². The predicted octanol–water partition coefficient (Wildman–Crippen LogP) is 1.97. The molecule has 0 fully saturated rings. The highest BCUT2D eigenvalue weighted by molar-refractivity contribution is 9.10. The summed E-state index contributed by atoms with van der Waals surface area (Å²) in [6.07, 6.45) is -0.136. The van der Waals surface area contributed by atoms with Gasteiger partial charge in [-0.1, -0.05) is 5.21 Å². The van der Waals surface area contributed by atoms with Crippen LogP contribution >= 0.6 is 15.9 Å². The summed E-state index contributed by atoms with van der Waals surface area (Å²) < 4.78 is 7.55. The average Bonchev–Trinajstić information content (AvgIpc) is 2.70. The summed E-state index contributed by atoms with van der Waals surface area (Å²) in [4.78, 5) is 10.7. The van der Waals surface area contributed by atoms with Gasteiger partial charge in [0.05, 0.1) is 35.1 Å². The van der Waals surface area contributed by atoms with Gasteiger partial charge in [-0.15, -0.1) is 5.10 Å². The lowest BCUT2D eigenvalue weighted by Gasteiger charge is -2.07. The van der Waals surface area contributed by atoms with Crippen LogP contribution in [-0.2, 0) is 11.2 Å². The van der Waals surface area contributed by atoms with E-state index in [-0.39, 0.29) is 6.42 Å². The van der Waals surface area contributed by atoms with Crippen LogP contribution in [0, 0.1) is 6.92 Å². The lowest BCUT2D eigenvalue weighted by atomic mass is 10.2. The third-order valence-electron chi connectivity index (χ3n) is 2.69. The molecule has 2 aromatic rings. The molecule has 0 aliphatic rings. The fourth-order valence-electron chi connectivity index (χ4n) is 1.70. The number of methoxy groups -OCH3 is 1. The highest BCUT2D eigenvalue weighted by atomic mass is 79.9. The maximum atomic E-state index is 10.7. The predicted molar refractivity (Wildman–Crippen MR) is 71.7 cm³/mol. The van der Waals surface area contributed by atoms with Crippen molar-refractivity contribution in [3.05, 3.63) is 34.1 Å². The zero-order chi connectivity index (χ0) is 14.0. The number of rotatable bonds is 4. The molecule has 0 bridgehead atoms. The van der Waals surface area contributed by atoms with E-state index in [1.165, 1.54) is 0 Å². The third-order valence-corrected chi connectivity index (χ3v) is 3.31. The summed E-state index contributed by atoms with van der Waals surface area (Å²) in [5, 5.41) is 16.6. The second-order valence-electron chi connectivity index (χ2n) is 3.92. The van der Waals surface area contributed by atoms with Crippen molar-refractivity contribution in [1.29, 1.82) is 0 Å². The topological polar surface area (TPSA) is 77.2 Å². The number of hydrogen-bond donors (Lipinski definition) is 1. The number of carboxylic acid groups (broad SMARTS) is 1. The first kappa shape index (κ1) is 13.5. The van der Waals surface area contributed by atoms with Crippen LogP contribution in [0.4, 0.5) is 0 Å². The molecule has 0 aliphatic carbocycles. The van der Waals surface area contributed by atoms with Crippen LogP contribution in [0.15, 0.2) is 22.7 Å². The number of ether oxygens (including phenoxy) is 1. The molecule has 0 atom stereocenters. The normalized spacial score (nSPS) is 10.5. The van der Waals surface area contributed by atoms with Gasteiger partial charge in [0.15, 0.2) is 0 Å². The molecular weight excluding hydrogens is 314 g/mol. The van der Waals surface area contributed by atoms with E-state index in [4.69, 9.17) is 9.84 Å². The summed E-state index contributed by atoms with van der Waals surface area (Å²) in [6, 6.07) is 5.47. The molecule has 0 aliphatic heterocycles. The van der Waals surface area contributed by atoms with E-state index in [0.717, 1.165) is 10.2 Å². The molecule has 1 heterocycles.